The highest BCUT2D eigenvalue weighted by Crippen LogP contribution is 2.36. The molecular formula is C13H11ClF4N2S. The van der Waals surface area contributed by atoms with E-state index in [4.69, 9.17) is 11.6 Å². The van der Waals surface area contributed by atoms with E-state index in [1.807, 2.05) is 6.92 Å². The molecule has 0 fully saturated rings. The quantitative estimate of drug-likeness (QED) is 0.821. The molecule has 0 aliphatic rings. The van der Waals surface area contributed by atoms with Crippen LogP contribution in [-0.4, -0.2) is 11.5 Å². The van der Waals surface area contributed by atoms with Crippen LogP contribution in [-0.2, 0) is 6.18 Å². The lowest BCUT2D eigenvalue weighted by molar-refractivity contribution is -0.137. The van der Waals surface area contributed by atoms with Crippen LogP contribution in [0.15, 0.2) is 24.4 Å². The lowest BCUT2D eigenvalue weighted by Crippen LogP contribution is -2.21. The number of hydrogen-bond acceptors (Lipinski definition) is 3. The van der Waals surface area contributed by atoms with Gasteiger partial charge in [-0.25, -0.2) is 9.37 Å². The van der Waals surface area contributed by atoms with E-state index in [9.17, 15) is 17.6 Å². The third kappa shape index (κ3) is 3.72. The minimum atomic E-state index is -4.48. The van der Waals surface area contributed by atoms with E-state index >= 15 is 0 Å². The number of benzene rings is 1. The van der Waals surface area contributed by atoms with Gasteiger partial charge in [0.2, 0.25) is 0 Å². The summed E-state index contributed by atoms with van der Waals surface area (Å²) in [6.45, 7) is 2.32. The van der Waals surface area contributed by atoms with Crippen LogP contribution >= 0.6 is 22.9 Å². The highest BCUT2D eigenvalue weighted by atomic mass is 35.5. The van der Waals surface area contributed by atoms with Gasteiger partial charge in [0, 0.05) is 11.1 Å². The molecule has 2 nitrogen and oxygen atoms in total. The van der Waals surface area contributed by atoms with Crippen LogP contribution in [0.25, 0.3) is 0 Å². The minimum absolute atomic E-state index is 0.0331. The molecule has 21 heavy (non-hydrogen) atoms. The van der Waals surface area contributed by atoms with Crippen molar-refractivity contribution >= 4 is 22.9 Å². The first-order chi connectivity index (χ1) is 9.82. The van der Waals surface area contributed by atoms with Crippen LogP contribution < -0.4 is 5.32 Å². The lowest BCUT2D eigenvalue weighted by Gasteiger charge is -2.16. The predicted octanol–water partition coefficient (Wildman–Crippen LogP) is 4.65. The van der Waals surface area contributed by atoms with Gasteiger partial charge in [-0.3, -0.25) is 0 Å². The van der Waals surface area contributed by atoms with Crippen LogP contribution in [0.5, 0.6) is 0 Å². The van der Waals surface area contributed by atoms with Gasteiger partial charge in [-0.1, -0.05) is 24.6 Å². The van der Waals surface area contributed by atoms with E-state index in [-0.39, 0.29) is 5.02 Å². The van der Waals surface area contributed by atoms with E-state index in [1.54, 1.807) is 6.07 Å². The molecule has 1 aromatic heterocycles. The molecule has 1 unspecified atom stereocenters. The molecule has 1 atom stereocenters. The lowest BCUT2D eigenvalue weighted by atomic mass is 10.1. The number of aromatic nitrogens is 1. The zero-order chi connectivity index (χ0) is 15.6. The topological polar surface area (TPSA) is 24.9 Å². The number of nitrogens with one attached hydrogen (secondary N) is 1. The van der Waals surface area contributed by atoms with Crippen molar-refractivity contribution in [2.45, 2.75) is 19.1 Å². The SMILES string of the molecule is CCNC(c1ccc(Cl)c(F)c1)c1cnc(C(F)(F)F)s1. The second-order valence-corrected chi connectivity index (χ2v) is 5.70. The molecule has 0 amide bonds. The van der Waals surface area contributed by atoms with Crippen molar-refractivity contribution in [3.8, 4) is 0 Å². The second kappa shape index (κ2) is 6.29. The monoisotopic (exact) mass is 338 g/mol. The molecule has 1 heterocycles. The highest BCUT2D eigenvalue weighted by Gasteiger charge is 2.35. The van der Waals surface area contributed by atoms with Crippen LogP contribution in [0.2, 0.25) is 5.02 Å². The Morgan fingerprint density at radius 1 is 1.38 bits per heavy atom. The third-order valence-electron chi connectivity index (χ3n) is 2.74. The van der Waals surface area contributed by atoms with E-state index < -0.39 is 23.0 Å². The molecule has 0 spiro atoms. The molecule has 0 bridgehead atoms. The summed E-state index contributed by atoms with van der Waals surface area (Å²) in [6.07, 6.45) is -3.32. The number of rotatable bonds is 4. The average molecular weight is 339 g/mol. The fourth-order valence-electron chi connectivity index (χ4n) is 1.83. The van der Waals surface area contributed by atoms with E-state index in [2.05, 4.69) is 10.3 Å². The number of halogens is 5. The molecule has 114 valence electrons. The summed E-state index contributed by atoms with van der Waals surface area (Å²) in [4.78, 5) is 3.76. The zero-order valence-electron chi connectivity index (χ0n) is 10.8. The number of thiazole rings is 1. The van der Waals surface area contributed by atoms with Gasteiger partial charge in [-0.2, -0.15) is 13.2 Å². The van der Waals surface area contributed by atoms with E-state index in [0.29, 0.717) is 28.3 Å². The molecule has 1 aromatic carbocycles. The molecular weight excluding hydrogens is 328 g/mol. The average Bonchev–Trinajstić information content (AvgIpc) is 2.89. The Labute approximate surface area is 127 Å². The van der Waals surface area contributed by atoms with Crippen molar-refractivity contribution in [2.24, 2.45) is 0 Å². The van der Waals surface area contributed by atoms with Crippen molar-refractivity contribution in [2.75, 3.05) is 6.54 Å². The normalized spacial score (nSPS) is 13.4. The number of nitrogens with zero attached hydrogens (tertiary/aromatic N) is 1. The largest absolute Gasteiger partial charge is 0.443 e. The molecule has 2 aromatic rings. The number of alkyl halides is 3. The van der Waals surface area contributed by atoms with Gasteiger partial charge in [0.1, 0.15) is 5.82 Å². The third-order valence-corrected chi connectivity index (χ3v) is 4.15. The van der Waals surface area contributed by atoms with Crippen molar-refractivity contribution in [1.29, 1.82) is 0 Å². The zero-order valence-corrected chi connectivity index (χ0v) is 12.4. The van der Waals surface area contributed by atoms with Gasteiger partial charge < -0.3 is 5.32 Å². The number of hydrogen-bond donors (Lipinski definition) is 1. The van der Waals surface area contributed by atoms with E-state index in [0.717, 1.165) is 6.20 Å². The molecule has 1 N–H and O–H groups in total. The highest BCUT2D eigenvalue weighted by molar-refractivity contribution is 7.11. The maximum atomic E-state index is 13.5. The van der Waals surface area contributed by atoms with Crippen molar-refractivity contribution < 1.29 is 17.6 Å². The van der Waals surface area contributed by atoms with Crippen LogP contribution in [0.4, 0.5) is 17.6 Å². The van der Waals surface area contributed by atoms with Crippen molar-refractivity contribution in [1.82, 2.24) is 10.3 Å². The van der Waals surface area contributed by atoms with Crippen LogP contribution in [0.1, 0.15) is 28.4 Å². The van der Waals surface area contributed by atoms with Crippen LogP contribution in [0, 0.1) is 5.82 Å². The van der Waals surface area contributed by atoms with Crippen molar-refractivity contribution in [3.63, 3.8) is 0 Å². The molecule has 2 rings (SSSR count). The summed E-state index contributed by atoms with van der Waals surface area (Å²) in [5.41, 5.74) is 0.496. The van der Waals surface area contributed by atoms with Gasteiger partial charge in [-0.15, -0.1) is 11.3 Å². The fourth-order valence-corrected chi connectivity index (χ4v) is 2.83. The first-order valence-electron chi connectivity index (χ1n) is 6.04. The molecule has 8 heteroatoms. The predicted molar refractivity (Wildman–Crippen MR) is 74.0 cm³/mol. The fraction of sp³-hybridized carbons (Fsp3) is 0.308. The van der Waals surface area contributed by atoms with Gasteiger partial charge in [0.15, 0.2) is 5.01 Å². The summed E-state index contributed by atoms with van der Waals surface area (Å²) in [5.74, 6) is -0.613. The smallest absolute Gasteiger partial charge is 0.306 e. The maximum absolute atomic E-state index is 13.5. The van der Waals surface area contributed by atoms with Crippen molar-refractivity contribution in [3.05, 3.63) is 50.7 Å². The Morgan fingerprint density at radius 2 is 2.10 bits per heavy atom. The summed E-state index contributed by atoms with van der Waals surface area (Å²) in [5, 5.41) is 2.07. The Kier molecular flexibility index (Phi) is 4.85. The molecule has 0 saturated carbocycles. The van der Waals surface area contributed by atoms with Gasteiger partial charge in [0.05, 0.1) is 11.1 Å². The molecule has 0 aliphatic heterocycles. The van der Waals surface area contributed by atoms with Gasteiger partial charge >= 0.3 is 6.18 Å². The summed E-state index contributed by atoms with van der Waals surface area (Å²) in [6, 6.07) is 3.60. The first-order valence-corrected chi connectivity index (χ1v) is 7.23. The first kappa shape index (κ1) is 16.2. The van der Waals surface area contributed by atoms with Gasteiger partial charge in [-0.05, 0) is 24.2 Å². The maximum Gasteiger partial charge on any atom is 0.443 e. The Morgan fingerprint density at radius 3 is 2.62 bits per heavy atom. The molecule has 0 saturated heterocycles. The Bertz CT molecular complexity index is 627. The Balaban J connectivity index is 2.38. The molecule has 0 aliphatic carbocycles. The summed E-state index contributed by atoms with van der Waals surface area (Å²) >= 11 is 6.16. The second-order valence-electron chi connectivity index (χ2n) is 4.23. The minimum Gasteiger partial charge on any atom is -0.306 e. The standard InChI is InChI=1S/C13H11ClF4N2S/c1-2-19-11(7-3-4-8(14)9(15)5-7)10-6-20-12(21-10)13(16,17)18/h3-6,11,19H,2H2,1H3. The van der Waals surface area contributed by atoms with E-state index in [1.165, 1.54) is 12.1 Å². The van der Waals surface area contributed by atoms with Crippen LogP contribution in [0.3, 0.4) is 0 Å². The summed E-state index contributed by atoms with van der Waals surface area (Å²) < 4.78 is 51.4. The molecule has 0 radical (unpaired) electrons. The van der Waals surface area contributed by atoms with Gasteiger partial charge in [0.25, 0.3) is 0 Å². The summed E-state index contributed by atoms with van der Waals surface area (Å²) in [7, 11) is 0. The Hall–Kier alpha value is -1.18.